The van der Waals surface area contributed by atoms with E-state index in [0.717, 1.165) is 11.3 Å². The third-order valence-corrected chi connectivity index (χ3v) is 4.43. The first-order valence-corrected chi connectivity index (χ1v) is 7.97. The lowest BCUT2D eigenvalue weighted by Crippen LogP contribution is -2.36. The first kappa shape index (κ1) is 15.0. The molecule has 0 spiro atoms. The fourth-order valence-corrected chi connectivity index (χ4v) is 3.09. The summed E-state index contributed by atoms with van der Waals surface area (Å²) in [7, 11) is 1.64. The van der Waals surface area contributed by atoms with Crippen LogP contribution < -0.4 is 10.1 Å². The maximum absolute atomic E-state index is 5.77. The molecule has 1 fully saturated rings. The Kier molecular flexibility index (Phi) is 4.73. The largest absolute Gasteiger partial charge is 0.496 e. The smallest absolute Gasteiger partial charge is 0.251 e. The average Bonchev–Trinajstić information content (AvgIpc) is 3.03. The van der Waals surface area contributed by atoms with Crippen molar-refractivity contribution < 1.29 is 9.15 Å². The normalized spacial score (nSPS) is 21.7. The van der Waals surface area contributed by atoms with Gasteiger partial charge in [-0.3, -0.25) is 0 Å². The van der Waals surface area contributed by atoms with E-state index in [-0.39, 0.29) is 0 Å². The van der Waals surface area contributed by atoms with Crippen LogP contribution in [-0.2, 0) is 6.54 Å². The molecule has 0 bridgehead atoms. The molecule has 118 valence electrons. The standard InChI is InChI=1S/C17H23N3O2/c1-12-7-3-5-9-14(12)18-11-16-19-20-17(22-16)13-8-4-6-10-15(13)21-2/h4,6,8,10,12,14,18H,3,5,7,9,11H2,1-2H3/t12-,14+/m0/s1. The van der Waals surface area contributed by atoms with Crippen molar-refractivity contribution in [2.24, 2.45) is 5.92 Å². The van der Waals surface area contributed by atoms with E-state index >= 15 is 0 Å². The molecule has 0 radical (unpaired) electrons. The zero-order valence-corrected chi connectivity index (χ0v) is 13.2. The van der Waals surface area contributed by atoms with Crippen molar-refractivity contribution in [1.29, 1.82) is 0 Å². The SMILES string of the molecule is COc1ccccc1-c1nnc(CN[C@@H]2CCCC[C@@H]2C)o1. The van der Waals surface area contributed by atoms with Gasteiger partial charge in [0, 0.05) is 6.04 Å². The minimum absolute atomic E-state index is 0.506. The molecule has 1 aliphatic rings. The monoisotopic (exact) mass is 301 g/mol. The number of hydrogen-bond acceptors (Lipinski definition) is 5. The molecular formula is C17H23N3O2. The highest BCUT2D eigenvalue weighted by molar-refractivity contribution is 5.62. The predicted octanol–water partition coefficient (Wildman–Crippen LogP) is 3.41. The lowest BCUT2D eigenvalue weighted by atomic mass is 9.86. The molecule has 2 atom stereocenters. The first-order valence-electron chi connectivity index (χ1n) is 7.97. The second-order valence-corrected chi connectivity index (χ2v) is 5.95. The second-order valence-electron chi connectivity index (χ2n) is 5.95. The molecule has 5 nitrogen and oxygen atoms in total. The number of hydrogen-bond donors (Lipinski definition) is 1. The van der Waals surface area contributed by atoms with Crippen molar-refractivity contribution in [1.82, 2.24) is 15.5 Å². The van der Waals surface area contributed by atoms with E-state index in [2.05, 4.69) is 22.4 Å². The number of methoxy groups -OCH3 is 1. The van der Waals surface area contributed by atoms with Crippen molar-refractivity contribution in [3.63, 3.8) is 0 Å². The van der Waals surface area contributed by atoms with Gasteiger partial charge in [0.05, 0.1) is 19.2 Å². The summed E-state index contributed by atoms with van der Waals surface area (Å²) in [6.07, 6.45) is 5.18. The molecule has 22 heavy (non-hydrogen) atoms. The van der Waals surface area contributed by atoms with Gasteiger partial charge in [0.25, 0.3) is 5.89 Å². The highest BCUT2D eigenvalue weighted by Gasteiger charge is 2.21. The van der Waals surface area contributed by atoms with Crippen LogP contribution in [0.1, 0.15) is 38.5 Å². The van der Waals surface area contributed by atoms with Crippen molar-refractivity contribution in [2.45, 2.75) is 45.2 Å². The number of benzene rings is 1. The van der Waals surface area contributed by atoms with Crippen LogP contribution in [0.25, 0.3) is 11.5 Å². The topological polar surface area (TPSA) is 60.2 Å². The van der Waals surface area contributed by atoms with Gasteiger partial charge in [0.1, 0.15) is 5.75 Å². The van der Waals surface area contributed by atoms with Gasteiger partial charge in [-0.2, -0.15) is 0 Å². The molecule has 3 rings (SSSR count). The molecule has 1 aromatic heterocycles. The number of ether oxygens (including phenoxy) is 1. The first-order chi connectivity index (χ1) is 10.8. The Bertz CT molecular complexity index is 611. The van der Waals surface area contributed by atoms with E-state index in [1.54, 1.807) is 7.11 Å². The summed E-state index contributed by atoms with van der Waals surface area (Å²) in [5, 5.41) is 11.8. The molecule has 1 aromatic carbocycles. The summed E-state index contributed by atoms with van der Waals surface area (Å²) in [5.41, 5.74) is 0.829. The number of para-hydroxylation sites is 1. The van der Waals surface area contributed by atoms with Crippen LogP contribution in [0.5, 0.6) is 5.75 Å². The van der Waals surface area contributed by atoms with Crippen LogP contribution in [0.4, 0.5) is 0 Å². The number of nitrogens with zero attached hydrogens (tertiary/aromatic N) is 2. The molecule has 5 heteroatoms. The maximum atomic E-state index is 5.77. The van der Waals surface area contributed by atoms with Crippen LogP contribution >= 0.6 is 0 Å². The second kappa shape index (κ2) is 6.92. The number of aromatic nitrogens is 2. The van der Waals surface area contributed by atoms with Crippen molar-refractivity contribution >= 4 is 0 Å². The van der Waals surface area contributed by atoms with Crippen molar-refractivity contribution in [3.05, 3.63) is 30.2 Å². The highest BCUT2D eigenvalue weighted by Crippen LogP contribution is 2.28. The molecule has 0 aliphatic heterocycles. The van der Waals surface area contributed by atoms with E-state index in [9.17, 15) is 0 Å². The highest BCUT2D eigenvalue weighted by atomic mass is 16.5. The lowest BCUT2D eigenvalue weighted by molar-refractivity contribution is 0.271. The van der Waals surface area contributed by atoms with E-state index in [0.29, 0.717) is 30.3 Å². The van der Waals surface area contributed by atoms with Crippen molar-refractivity contribution in [2.75, 3.05) is 7.11 Å². The summed E-state index contributed by atoms with van der Waals surface area (Å²) >= 11 is 0. The van der Waals surface area contributed by atoms with Crippen LogP contribution in [0.3, 0.4) is 0 Å². The van der Waals surface area contributed by atoms with E-state index in [1.807, 2.05) is 24.3 Å². The van der Waals surface area contributed by atoms with E-state index < -0.39 is 0 Å². The Morgan fingerprint density at radius 3 is 2.86 bits per heavy atom. The summed E-state index contributed by atoms with van der Waals surface area (Å²) in [4.78, 5) is 0. The lowest BCUT2D eigenvalue weighted by Gasteiger charge is -2.29. The summed E-state index contributed by atoms with van der Waals surface area (Å²) < 4.78 is 11.1. The van der Waals surface area contributed by atoms with Gasteiger partial charge in [-0.15, -0.1) is 10.2 Å². The van der Waals surface area contributed by atoms with Gasteiger partial charge < -0.3 is 14.5 Å². The van der Waals surface area contributed by atoms with Crippen LogP contribution in [0.15, 0.2) is 28.7 Å². The Morgan fingerprint density at radius 2 is 2.05 bits per heavy atom. The van der Waals surface area contributed by atoms with Gasteiger partial charge >= 0.3 is 0 Å². The molecule has 1 heterocycles. The minimum atomic E-state index is 0.506. The van der Waals surface area contributed by atoms with Gasteiger partial charge in [-0.1, -0.05) is 31.9 Å². The molecule has 2 aromatic rings. The fourth-order valence-electron chi connectivity index (χ4n) is 3.09. The minimum Gasteiger partial charge on any atom is -0.496 e. The summed E-state index contributed by atoms with van der Waals surface area (Å²) in [5.74, 6) is 2.58. The van der Waals surface area contributed by atoms with E-state index in [1.165, 1.54) is 25.7 Å². The van der Waals surface area contributed by atoms with Gasteiger partial charge in [-0.05, 0) is 30.9 Å². The molecule has 0 saturated heterocycles. The van der Waals surface area contributed by atoms with Gasteiger partial charge in [0.2, 0.25) is 5.89 Å². The molecule has 1 N–H and O–H groups in total. The summed E-state index contributed by atoms with van der Waals surface area (Å²) in [6, 6.07) is 8.22. The maximum Gasteiger partial charge on any atom is 0.251 e. The number of rotatable bonds is 5. The van der Waals surface area contributed by atoms with Gasteiger partial charge in [-0.25, -0.2) is 0 Å². The molecule has 0 unspecified atom stereocenters. The Hall–Kier alpha value is -1.88. The quantitative estimate of drug-likeness (QED) is 0.917. The zero-order valence-electron chi connectivity index (χ0n) is 13.2. The van der Waals surface area contributed by atoms with Crippen LogP contribution in [0.2, 0.25) is 0 Å². The summed E-state index contributed by atoms with van der Waals surface area (Å²) in [6.45, 7) is 2.93. The predicted molar refractivity (Wildman–Crippen MR) is 84.5 cm³/mol. The van der Waals surface area contributed by atoms with Gasteiger partial charge in [0.15, 0.2) is 0 Å². The Balaban J connectivity index is 1.66. The van der Waals surface area contributed by atoms with Crippen LogP contribution in [-0.4, -0.2) is 23.3 Å². The Labute approximate surface area is 131 Å². The zero-order chi connectivity index (χ0) is 15.4. The van der Waals surface area contributed by atoms with Crippen molar-refractivity contribution in [3.8, 4) is 17.2 Å². The molecular weight excluding hydrogens is 278 g/mol. The van der Waals surface area contributed by atoms with Crippen LogP contribution in [0, 0.1) is 5.92 Å². The third-order valence-electron chi connectivity index (χ3n) is 4.43. The molecule has 0 amide bonds. The number of nitrogens with one attached hydrogen (secondary N) is 1. The fraction of sp³-hybridized carbons (Fsp3) is 0.529. The molecule has 1 saturated carbocycles. The van der Waals surface area contributed by atoms with E-state index in [4.69, 9.17) is 9.15 Å². The molecule has 1 aliphatic carbocycles. The third kappa shape index (κ3) is 3.30. The average molecular weight is 301 g/mol. The Morgan fingerprint density at radius 1 is 1.23 bits per heavy atom.